The smallest absolute Gasteiger partial charge is 0.341 e. The van der Waals surface area contributed by atoms with E-state index in [0.29, 0.717) is 26.2 Å². The van der Waals surface area contributed by atoms with E-state index < -0.39 is 5.97 Å². The van der Waals surface area contributed by atoms with E-state index in [-0.39, 0.29) is 5.56 Å². The average molecular weight is 421 g/mol. The summed E-state index contributed by atoms with van der Waals surface area (Å²) in [5.74, 6) is -0.237. The van der Waals surface area contributed by atoms with Crippen molar-refractivity contribution in [1.29, 1.82) is 0 Å². The van der Waals surface area contributed by atoms with E-state index in [1.165, 1.54) is 53.9 Å². The SMILES string of the molecule is CSc1nc(SCc2ccccc2C)c(C(=O)O)c(SC2CCCCC2)n1. The number of benzene rings is 1. The lowest BCUT2D eigenvalue weighted by Gasteiger charge is -2.21. The third kappa shape index (κ3) is 5.42. The molecule has 3 rings (SSSR count). The Kier molecular flexibility index (Phi) is 7.49. The number of carboxylic acids is 1. The summed E-state index contributed by atoms with van der Waals surface area (Å²) in [6, 6.07) is 8.18. The first-order chi connectivity index (χ1) is 13.1. The number of nitrogens with zero attached hydrogens (tertiary/aromatic N) is 2. The number of carboxylic acid groups (broad SMARTS) is 1. The zero-order valence-corrected chi connectivity index (χ0v) is 18.1. The molecule has 0 radical (unpaired) electrons. The van der Waals surface area contributed by atoms with Crippen molar-refractivity contribution < 1.29 is 9.90 Å². The van der Waals surface area contributed by atoms with Crippen molar-refractivity contribution in [2.24, 2.45) is 0 Å². The molecular formula is C20H24N2O2S3. The molecule has 4 nitrogen and oxygen atoms in total. The lowest BCUT2D eigenvalue weighted by molar-refractivity contribution is 0.0686. The Labute approximate surface area is 173 Å². The van der Waals surface area contributed by atoms with Gasteiger partial charge in [0.15, 0.2) is 5.16 Å². The molecule has 1 fully saturated rings. The van der Waals surface area contributed by atoms with Crippen LogP contribution in [0.15, 0.2) is 39.5 Å². The highest BCUT2D eigenvalue weighted by atomic mass is 32.2. The van der Waals surface area contributed by atoms with Crippen molar-refractivity contribution in [3.8, 4) is 0 Å². The van der Waals surface area contributed by atoms with Crippen LogP contribution in [0, 0.1) is 6.92 Å². The van der Waals surface area contributed by atoms with Crippen molar-refractivity contribution in [2.75, 3.05) is 6.26 Å². The number of carbonyl (C=O) groups is 1. The van der Waals surface area contributed by atoms with E-state index in [4.69, 9.17) is 0 Å². The maximum atomic E-state index is 12.0. The summed E-state index contributed by atoms with van der Waals surface area (Å²) in [6.45, 7) is 2.08. The summed E-state index contributed by atoms with van der Waals surface area (Å²) in [5.41, 5.74) is 2.67. The van der Waals surface area contributed by atoms with Crippen molar-refractivity contribution in [3.63, 3.8) is 0 Å². The predicted molar refractivity (Wildman–Crippen MR) is 114 cm³/mol. The van der Waals surface area contributed by atoms with Gasteiger partial charge in [0, 0.05) is 11.0 Å². The van der Waals surface area contributed by atoms with Crippen LogP contribution in [-0.2, 0) is 5.75 Å². The fraction of sp³-hybridized carbons (Fsp3) is 0.450. The van der Waals surface area contributed by atoms with E-state index in [2.05, 4.69) is 29.0 Å². The molecule has 2 aromatic rings. The van der Waals surface area contributed by atoms with Crippen molar-refractivity contribution in [2.45, 2.75) is 65.2 Å². The van der Waals surface area contributed by atoms with Gasteiger partial charge in [-0.1, -0.05) is 55.3 Å². The Morgan fingerprint density at radius 3 is 2.52 bits per heavy atom. The van der Waals surface area contributed by atoms with Gasteiger partial charge in [-0.2, -0.15) is 0 Å². The van der Waals surface area contributed by atoms with Crippen molar-refractivity contribution in [3.05, 3.63) is 41.0 Å². The zero-order chi connectivity index (χ0) is 19.2. The molecule has 1 aromatic carbocycles. The van der Waals surface area contributed by atoms with Crippen LogP contribution in [-0.4, -0.2) is 32.5 Å². The normalized spacial score (nSPS) is 15.0. The second-order valence-corrected chi connectivity index (χ2v) is 9.62. The van der Waals surface area contributed by atoms with Crippen molar-refractivity contribution >= 4 is 41.3 Å². The Balaban J connectivity index is 1.89. The van der Waals surface area contributed by atoms with Crippen LogP contribution in [0.1, 0.15) is 53.6 Å². The van der Waals surface area contributed by atoms with Crippen LogP contribution < -0.4 is 0 Å². The zero-order valence-electron chi connectivity index (χ0n) is 15.6. The van der Waals surface area contributed by atoms with E-state index in [1.54, 1.807) is 11.8 Å². The Morgan fingerprint density at radius 2 is 1.85 bits per heavy atom. The molecule has 1 heterocycles. The van der Waals surface area contributed by atoms with E-state index >= 15 is 0 Å². The van der Waals surface area contributed by atoms with Crippen molar-refractivity contribution in [1.82, 2.24) is 9.97 Å². The fourth-order valence-electron chi connectivity index (χ4n) is 3.12. The fourth-order valence-corrected chi connectivity index (χ4v) is 6.09. The van der Waals surface area contributed by atoms with Crippen LogP contribution in [0.5, 0.6) is 0 Å². The second-order valence-electron chi connectivity index (χ2n) is 6.59. The van der Waals surface area contributed by atoms with Gasteiger partial charge in [-0.05, 0) is 37.1 Å². The lowest BCUT2D eigenvalue weighted by atomic mass is 10.0. The standard InChI is InChI=1S/C20H24N2O2S3/c1-13-8-6-7-9-14(13)12-26-17-16(19(23)24)18(22-20(21-17)25-2)27-15-10-4-3-5-11-15/h6-9,15H,3-5,10-12H2,1-2H3,(H,23,24). The number of aromatic nitrogens is 2. The summed E-state index contributed by atoms with van der Waals surface area (Å²) >= 11 is 4.58. The summed E-state index contributed by atoms with van der Waals surface area (Å²) in [6.07, 6.45) is 7.91. The molecule has 0 bridgehead atoms. The van der Waals surface area contributed by atoms with E-state index in [9.17, 15) is 9.90 Å². The maximum absolute atomic E-state index is 12.0. The minimum Gasteiger partial charge on any atom is -0.477 e. The van der Waals surface area contributed by atoms with E-state index in [0.717, 1.165) is 12.8 Å². The van der Waals surface area contributed by atoms with Gasteiger partial charge < -0.3 is 5.11 Å². The minimum absolute atomic E-state index is 0.266. The van der Waals surface area contributed by atoms with Crippen LogP contribution in [0.4, 0.5) is 0 Å². The molecule has 144 valence electrons. The first-order valence-electron chi connectivity index (χ1n) is 9.11. The highest BCUT2D eigenvalue weighted by Gasteiger charge is 2.25. The topological polar surface area (TPSA) is 63.1 Å². The van der Waals surface area contributed by atoms with Crippen LogP contribution in [0.2, 0.25) is 0 Å². The van der Waals surface area contributed by atoms with Gasteiger partial charge in [-0.3, -0.25) is 0 Å². The molecule has 1 aliphatic carbocycles. The third-order valence-electron chi connectivity index (χ3n) is 4.67. The summed E-state index contributed by atoms with van der Waals surface area (Å²) < 4.78 is 0. The molecule has 1 aromatic heterocycles. The largest absolute Gasteiger partial charge is 0.477 e. The molecule has 7 heteroatoms. The summed E-state index contributed by atoms with van der Waals surface area (Å²) in [7, 11) is 0. The van der Waals surface area contributed by atoms with Gasteiger partial charge in [0.1, 0.15) is 15.6 Å². The molecule has 0 atom stereocenters. The highest BCUT2D eigenvalue weighted by Crippen LogP contribution is 2.38. The first kappa shape index (κ1) is 20.6. The summed E-state index contributed by atoms with van der Waals surface area (Å²) in [5, 5.41) is 12.2. The van der Waals surface area contributed by atoms with Crippen LogP contribution in [0.3, 0.4) is 0 Å². The van der Waals surface area contributed by atoms with Crippen LogP contribution >= 0.6 is 35.3 Å². The van der Waals surface area contributed by atoms with E-state index in [1.807, 2.05) is 18.4 Å². The quantitative estimate of drug-likeness (QED) is 0.339. The third-order valence-corrected chi connectivity index (χ3v) is 7.57. The van der Waals surface area contributed by atoms with Gasteiger partial charge in [0.05, 0.1) is 0 Å². The molecule has 0 amide bonds. The molecule has 0 saturated heterocycles. The Hall–Kier alpha value is -1.18. The number of hydrogen-bond donors (Lipinski definition) is 1. The summed E-state index contributed by atoms with van der Waals surface area (Å²) in [4.78, 5) is 21.1. The van der Waals surface area contributed by atoms with Gasteiger partial charge >= 0.3 is 5.97 Å². The average Bonchev–Trinajstić information content (AvgIpc) is 2.67. The van der Waals surface area contributed by atoms with Gasteiger partial charge in [-0.15, -0.1) is 23.5 Å². The first-order valence-corrected chi connectivity index (χ1v) is 12.2. The molecule has 0 spiro atoms. The Bertz CT molecular complexity index is 808. The van der Waals surface area contributed by atoms with Crippen LogP contribution in [0.25, 0.3) is 0 Å². The molecule has 1 saturated carbocycles. The second kappa shape index (κ2) is 9.85. The van der Waals surface area contributed by atoms with Gasteiger partial charge in [0.2, 0.25) is 0 Å². The molecule has 1 N–H and O–H groups in total. The molecule has 0 unspecified atom stereocenters. The number of thioether (sulfide) groups is 3. The highest BCUT2D eigenvalue weighted by molar-refractivity contribution is 8.00. The number of hydrogen-bond acceptors (Lipinski definition) is 6. The number of aromatic carboxylic acids is 1. The molecular weight excluding hydrogens is 396 g/mol. The van der Waals surface area contributed by atoms with Gasteiger partial charge in [0.25, 0.3) is 0 Å². The molecule has 1 aliphatic rings. The minimum atomic E-state index is -0.937. The predicted octanol–water partition coefficient (Wildman–Crippen LogP) is 5.92. The molecule has 27 heavy (non-hydrogen) atoms. The monoisotopic (exact) mass is 420 g/mol. The van der Waals surface area contributed by atoms with Gasteiger partial charge in [-0.25, -0.2) is 14.8 Å². The lowest BCUT2D eigenvalue weighted by Crippen LogP contribution is -2.12. The molecule has 0 aliphatic heterocycles. The number of aryl methyl sites for hydroxylation is 1. The Morgan fingerprint density at radius 1 is 1.15 bits per heavy atom. The number of rotatable bonds is 7. The maximum Gasteiger partial charge on any atom is 0.341 e.